The second-order valence-electron chi connectivity index (χ2n) is 6.34. The number of amides is 1. The Morgan fingerprint density at radius 2 is 2.08 bits per heavy atom. The molecule has 26 heavy (non-hydrogen) atoms. The number of hydrogen-bond acceptors (Lipinski definition) is 6. The van der Waals surface area contributed by atoms with Gasteiger partial charge in [0.25, 0.3) is 0 Å². The molecule has 1 aromatic carbocycles. The van der Waals surface area contributed by atoms with Crippen molar-refractivity contribution in [2.45, 2.75) is 58.0 Å². The van der Waals surface area contributed by atoms with Crippen LogP contribution in [0.2, 0.25) is 0 Å². The van der Waals surface area contributed by atoms with Crippen molar-refractivity contribution in [2.24, 2.45) is 5.73 Å². The fourth-order valence-corrected chi connectivity index (χ4v) is 1.84. The Kier molecular flexibility index (Phi) is 4.07. The number of nitrogens with two attached hydrogens (primary N) is 1. The van der Waals surface area contributed by atoms with E-state index in [2.05, 4.69) is 10.1 Å². The summed E-state index contributed by atoms with van der Waals surface area (Å²) in [5.74, 6) is -0.339. The van der Waals surface area contributed by atoms with Crippen LogP contribution in [-0.4, -0.2) is 28.3 Å². The molecule has 2 rings (SSSR count). The second kappa shape index (κ2) is 9.33. The van der Waals surface area contributed by atoms with Crippen LogP contribution in [0.5, 0.6) is 0 Å². The quantitative estimate of drug-likeness (QED) is 0.740. The summed E-state index contributed by atoms with van der Waals surface area (Å²) in [6, 6.07) is 7.09. The lowest BCUT2D eigenvalue weighted by Crippen LogP contribution is -2.33. The van der Waals surface area contributed by atoms with E-state index in [0.29, 0.717) is 0 Å². The Morgan fingerprint density at radius 1 is 1.35 bits per heavy atom. The molecular weight excluding hydrogens is 332 g/mol. The molecule has 3 N–H and O–H groups in total. The highest BCUT2D eigenvalue weighted by atomic mass is 16.6. The van der Waals surface area contributed by atoms with E-state index in [1.165, 1.54) is 20.8 Å². The minimum atomic E-state index is -3.62. The van der Waals surface area contributed by atoms with Gasteiger partial charge in [-0.1, -0.05) is 35.5 Å². The van der Waals surface area contributed by atoms with E-state index in [1.54, 1.807) is 17.4 Å². The maximum Gasteiger partial charge on any atom is 0.407 e. The molecule has 0 aliphatic carbocycles. The highest BCUT2D eigenvalue weighted by molar-refractivity contribution is 5.67. The first kappa shape index (κ1) is 11.3. The molecule has 1 amide bonds. The summed E-state index contributed by atoms with van der Waals surface area (Å²) in [7, 11) is 0. The number of carbonyl (C=O) groups excluding carboxylic acids is 1. The van der Waals surface area contributed by atoms with E-state index in [9.17, 15) is 4.79 Å². The Hall–Kier alpha value is -2.41. The molecule has 0 spiro atoms. The summed E-state index contributed by atoms with van der Waals surface area (Å²) >= 11 is 0. The second-order valence-corrected chi connectivity index (χ2v) is 6.34. The molecule has 0 aliphatic heterocycles. The van der Waals surface area contributed by atoms with Gasteiger partial charge in [-0.25, -0.2) is 4.79 Å². The van der Waals surface area contributed by atoms with Gasteiger partial charge in [-0.15, -0.1) is 0 Å². The van der Waals surface area contributed by atoms with Crippen LogP contribution in [0.1, 0.15) is 74.2 Å². The van der Waals surface area contributed by atoms with Gasteiger partial charge >= 0.3 is 6.09 Å². The third kappa shape index (κ3) is 7.23. The molecule has 1 heterocycles. The van der Waals surface area contributed by atoms with Crippen LogP contribution in [0.15, 0.2) is 34.9 Å². The Morgan fingerprint density at radius 3 is 2.77 bits per heavy atom. The van der Waals surface area contributed by atoms with Crippen molar-refractivity contribution in [2.75, 3.05) is 6.50 Å². The molecule has 1 aromatic heterocycles. The first-order valence-corrected chi connectivity index (χ1v) is 7.95. The maximum absolute atomic E-state index is 12.0. The van der Waals surface area contributed by atoms with Gasteiger partial charge in [0.05, 0.1) is 6.04 Å². The predicted molar refractivity (Wildman–Crippen MR) is 98.6 cm³/mol. The monoisotopic (exact) mass is 368 g/mol. The molecule has 0 saturated carbocycles. The van der Waals surface area contributed by atoms with E-state index >= 15 is 0 Å². The SMILES string of the molecule is [2H]C([2H])(NC(=O)OC(C)(C)C)C([2H])([2H])C([2H])([2H])C([2H])([2H])[C@H](N)c1nc(Cc2ccccc2)no1. The van der Waals surface area contributed by atoms with Gasteiger partial charge < -0.3 is 20.3 Å². The van der Waals surface area contributed by atoms with E-state index in [4.69, 9.17) is 26.0 Å². The summed E-state index contributed by atoms with van der Waals surface area (Å²) in [6.45, 7) is 1.12. The number of benzene rings is 1. The molecule has 0 saturated heterocycles. The highest BCUT2D eigenvalue weighted by Gasteiger charge is 2.16. The van der Waals surface area contributed by atoms with Gasteiger partial charge in [0.15, 0.2) is 5.82 Å². The van der Waals surface area contributed by atoms with Gasteiger partial charge in [-0.3, -0.25) is 0 Å². The summed E-state index contributed by atoms with van der Waals surface area (Å²) in [5.41, 5.74) is 5.68. The molecule has 1 atom stereocenters. The normalized spacial score (nSPS) is 19.4. The molecule has 142 valence electrons. The van der Waals surface area contributed by atoms with Gasteiger partial charge in [0, 0.05) is 23.9 Å². The number of nitrogens with one attached hydrogen (secondary N) is 1. The largest absolute Gasteiger partial charge is 0.444 e. The predicted octanol–water partition coefficient (Wildman–Crippen LogP) is 3.36. The molecule has 0 aliphatic rings. The average Bonchev–Trinajstić information content (AvgIpc) is 3.14. The minimum Gasteiger partial charge on any atom is -0.444 e. The number of ether oxygens (including phenoxy) is 1. The van der Waals surface area contributed by atoms with Gasteiger partial charge in [-0.05, 0) is 45.5 Å². The average molecular weight is 369 g/mol. The number of rotatable bonds is 8. The lowest BCUT2D eigenvalue weighted by Gasteiger charge is -2.19. The van der Waals surface area contributed by atoms with Crippen LogP contribution in [0.4, 0.5) is 4.79 Å². The summed E-state index contributed by atoms with van der Waals surface area (Å²) in [5, 5.41) is 5.36. The molecule has 0 unspecified atom stereocenters. The van der Waals surface area contributed by atoms with E-state index in [1.807, 2.05) is 18.2 Å². The van der Waals surface area contributed by atoms with Gasteiger partial charge in [0.1, 0.15) is 5.60 Å². The van der Waals surface area contributed by atoms with Crippen LogP contribution in [0.25, 0.3) is 0 Å². The van der Waals surface area contributed by atoms with Crippen LogP contribution in [0.3, 0.4) is 0 Å². The topological polar surface area (TPSA) is 103 Å². The van der Waals surface area contributed by atoms with Crippen molar-refractivity contribution < 1.29 is 25.0 Å². The minimum absolute atomic E-state index is 0.151. The fourth-order valence-electron chi connectivity index (χ4n) is 1.84. The molecule has 0 fully saturated rings. The summed E-state index contributed by atoms with van der Waals surface area (Å²) in [6.07, 6.45) is -11.6. The standard InChI is InChI=1S/C19H28N4O3/c1-19(2,3)25-18(24)21-12-8-7-11-15(20)17-22-16(23-26-17)13-14-9-5-4-6-10-14/h4-6,9-10,15H,7-8,11-13,20H2,1-3H3,(H,21,24)/t15-/m0/s1/i7D2,8D2,11D2,12D2. The van der Waals surface area contributed by atoms with Crippen molar-refractivity contribution in [1.29, 1.82) is 0 Å². The number of aromatic nitrogens is 2. The number of hydrogen-bond donors (Lipinski definition) is 2. The molecule has 0 radical (unpaired) electrons. The van der Waals surface area contributed by atoms with E-state index in [-0.39, 0.29) is 12.2 Å². The summed E-state index contributed by atoms with van der Waals surface area (Å²) in [4.78, 5) is 16.0. The van der Waals surface area contributed by atoms with Gasteiger partial charge in [0.2, 0.25) is 5.89 Å². The van der Waals surface area contributed by atoms with Crippen molar-refractivity contribution >= 4 is 6.09 Å². The zero-order chi connectivity index (χ0) is 26.2. The Balaban J connectivity index is 2.27. The van der Waals surface area contributed by atoms with Crippen molar-refractivity contribution in [3.05, 3.63) is 47.6 Å². The van der Waals surface area contributed by atoms with Crippen LogP contribution in [0, 0.1) is 0 Å². The van der Waals surface area contributed by atoms with Crippen molar-refractivity contribution in [1.82, 2.24) is 15.5 Å². The molecule has 7 heteroatoms. The molecule has 0 bridgehead atoms. The third-order valence-corrected chi connectivity index (χ3v) is 2.87. The Bertz CT molecular complexity index is 993. The third-order valence-electron chi connectivity index (χ3n) is 2.87. The van der Waals surface area contributed by atoms with Crippen LogP contribution < -0.4 is 11.1 Å². The fraction of sp³-hybridized carbons (Fsp3) is 0.526. The smallest absolute Gasteiger partial charge is 0.407 e. The van der Waals surface area contributed by atoms with Crippen molar-refractivity contribution in [3.63, 3.8) is 0 Å². The first-order chi connectivity index (χ1) is 15.3. The molecule has 7 nitrogen and oxygen atoms in total. The lowest BCUT2D eigenvalue weighted by molar-refractivity contribution is 0.0527. The van der Waals surface area contributed by atoms with Crippen molar-refractivity contribution in [3.8, 4) is 0 Å². The Labute approximate surface area is 165 Å². The van der Waals surface area contributed by atoms with Crippen LogP contribution in [-0.2, 0) is 11.2 Å². The first-order valence-electron chi connectivity index (χ1n) is 11.9. The van der Waals surface area contributed by atoms with Gasteiger partial charge in [-0.2, -0.15) is 4.98 Å². The summed E-state index contributed by atoms with van der Waals surface area (Å²) < 4.78 is 74.9. The molecule has 2 aromatic rings. The van der Waals surface area contributed by atoms with E-state index < -0.39 is 49.2 Å². The zero-order valence-corrected chi connectivity index (χ0v) is 14.9. The van der Waals surface area contributed by atoms with Crippen LogP contribution >= 0.6 is 0 Å². The maximum atomic E-state index is 12.0. The number of carbonyl (C=O) groups is 1. The zero-order valence-electron chi connectivity index (χ0n) is 22.9. The highest BCUT2D eigenvalue weighted by Crippen LogP contribution is 2.16. The van der Waals surface area contributed by atoms with E-state index in [0.717, 1.165) is 5.56 Å². The number of nitrogens with zero attached hydrogens (tertiary/aromatic N) is 2. The number of alkyl carbamates (subject to hydrolysis) is 1. The lowest BCUT2D eigenvalue weighted by atomic mass is 10.1. The molecular formula is C19H28N4O3.